The summed E-state index contributed by atoms with van der Waals surface area (Å²) in [5, 5.41) is 10.8. The van der Waals surface area contributed by atoms with E-state index in [9.17, 15) is 14.7 Å². The van der Waals surface area contributed by atoms with Crippen LogP contribution in [-0.2, 0) is 14.3 Å². The maximum Gasteiger partial charge on any atom is 0.295 e. The van der Waals surface area contributed by atoms with Crippen LogP contribution in [0.4, 0.5) is 0 Å². The van der Waals surface area contributed by atoms with Crippen molar-refractivity contribution in [1.29, 1.82) is 0 Å². The zero-order chi connectivity index (χ0) is 18.5. The number of Topliss-reactive ketones (excluding diaryl/α,β-unsaturated/α-hetero) is 1. The third-order valence-electron chi connectivity index (χ3n) is 4.36. The molecular weight excluding hydrogens is 332 g/mol. The zero-order valence-corrected chi connectivity index (χ0v) is 14.5. The molecule has 1 aliphatic rings. The van der Waals surface area contributed by atoms with E-state index in [1.807, 2.05) is 30.3 Å². The first-order valence-electron chi connectivity index (χ1n) is 8.38. The van der Waals surface area contributed by atoms with Crippen LogP contribution in [0.1, 0.15) is 23.6 Å². The number of nitrogens with zero attached hydrogens (tertiary/aromatic N) is 2. The molecule has 1 atom stereocenters. The monoisotopic (exact) mass is 352 g/mol. The number of benzene rings is 1. The van der Waals surface area contributed by atoms with Crippen molar-refractivity contribution in [3.63, 3.8) is 0 Å². The predicted octanol–water partition coefficient (Wildman–Crippen LogP) is 2.54. The van der Waals surface area contributed by atoms with E-state index in [2.05, 4.69) is 4.98 Å². The number of carbonyl (C=O) groups is 2. The van der Waals surface area contributed by atoms with Gasteiger partial charge in [0.05, 0.1) is 11.6 Å². The van der Waals surface area contributed by atoms with Crippen LogP contribution in [0.2, 0.25) is 0 Å². The number of ether oxygens (including phenoxy) is 1. The Labute approximate surface area is 151 Å². The summed E-state index contributed by atoms with van der Waals surface area (Å²) in [5.74, 6) is -1.47. The highest BCUT2D eigenvalue weighted by Gasteiger charge is 2.45. The zero-order valence-electron chi connectivity index (χ0n) is 14.5. The van der Waals surface area contributed by atoms with Gasteiger partial charge in [0.1, 0.15) is 5.76 Å². The van der Waals surface area contributed by atoms with Crippen molar-refractivity contribution < 1.29 is 19.4 Å². The minimum Gasteiger partial charge on any atom is -0.507 e. The van der Waals surface area contributed by atoms with Gasteiger partial charge in [0, 0.05) is 38.2 Å². The Hall–Kier alpha value is -2.99. The van der Waals surface area contributed by atoms with Crippen LogP contribution in [0.3, 0.4) is 0 Å². The Balaban J connectivity index is 2.09. The van der Waals surface area contributed by atoms with Gasteiger partial charge in [-0.2, -0.15) is 0 Å². The second kappa shape index (κ2) is 7.93. The fourth-order valence-electron chi connectivity index (χ4n) is 3.14. The Morgan fingerprint density at radius 2 is 1.85 bits per heavy atom. The molecule has 1 saturated heterocycles. The number of aliphatic hydroxyl groups is 1. The summed E-state index contributed by atoms with van der Waals surface area (Å²) < 4.78 is 5.06. The SMILES string of the molecule is COCCCN1C(=O)C(=O)/C(=C(/O)c2ccncc2)C1c1ccccc1. The standard InChI is InChI=1S/C20H20N2O4/c1-26-13-5-12-22-17(14-6-3-2-4-7-14)16(19(24)20(22)25)18(23)15-8-10-21-11-9-15/h2-4,6-11,17,23H,5,12-13H2,1H3/b18-16+. The highest BCUT2D eigenvalue weighted by atomic mass is 16.5. The molecule has 1 N–H and O–H groups in total. The number of aliphatic hydroxyl groups excluding tert-OH is 1. The summed E-state index contributed by atoms with van der Waals surface area (Å²) in [7, 11) is 1.59. The molecule has 134 valence electrons. The maximum absolute atomic E-state index is 12.7. The molecule has 2 aromatic rings. The van der Waals surface area contributed by atoms with Gasteiger partial charge >= 0.3 is 0 Å². The summed E-state index contributed by atoms with van der Waals surface area (Å²) in [5.41, 5.74) is 1.33. The lowest BCUT2D eigenvalue weighted by Gasteiger charge is -2.25. The first kappa shape index (κ1) is 17.8. The number of hydrogen-bond donors (Lipinski definition) is 1. The third-order valence-corrected chi connectivity index (χ3v) is 4.36. The van der Waals surface area contributed by atoms with E-state index >= 15 is 0 Å². The van der Waals surface area contributed by atoms with Crippen molar-refractivity contribution in [1.82, 2.24) is 9.88 Å². The summed E-state index contributed by atoms with van der Waals surface area (Å²) in [4.78, 5) is 30.7. The average molecular weight is 352 g/mol. The third kappa shape index (κ3) is 3.36. The van der Waals surface area contributed by atoms with Crippen LogP contribution in [0.5, 0.6) is 0 Å². The molecule has 0 bridgehead atoms. The predicted molar refractivity (Wildman–Crippen MR) is 96.2 cm³/mol. The van der Waals surface area contributed by atoms with Crippen LogP contribution < -0.4 is 0 Å². The van der Waals surface area contributed by atoms with Gasteiger partial charge in [-0.05, 0) is 24.1 Å². The van der Waals surface area contributed by atoms with E-state index in [4.69, 9.17) is 4.74 Å². The highest BCUT2D eigenvalue weighted by molar-refractivity contribution is 6.46. The molecule has 6 heteroatoms. The quantitative estimate of drug-likeness (QED) is 0.374. The highest BCUT2D eigenvalue weighted by Crippen LogP contribution is 2.39. The summed E-state index contributed by atoms with van der Waals surface area (Å²) in [6.45, 7) is 0.847. The van der Waals surface area contributed by atoms with Crippen LogP contribution >= 0.6 is 0 Å². The van der Waals surface area contributed by atoms with Crippen molar-refractivity contribution in [3.8, 4) is 0 Å². The molecule has 1 fully saturated rings. The number of aromatic nitrogens is 1. The second-order valence-corrected chi connectivity index (χ2v) is 5.99. The minimum atomic E-state index is -0.675. The first-order valence-corrected chi connectivity index (χ1v) is 8.38. The molecule has 0 radical (unpaired) electrons. The van der Waals surface area contributed by atoms with Crippen LogP contribution in [0.25, 0.3) is 5.76 Å². The average Bonchev–Trinajstić information content (AvgIpc) is 2.94. The van der Waals surface area contributed by atoms with Gasteiger partial charge in [0.25, 0.3) is 11.7 Å². The molecule has 1 amide bonds. The number of carbonyl (C=O) groups excluding carboxylic acids is 2. The van der Waals surface area contributed by atoms with Crippen LogP contribution in [0, 0.1) is 0 Å². The molecule has 26 heavy (non-hydrogen) atoms. The Kier molecular flexibility index (Phi) is 5.43. The number of methoxy groups -OCH3 is 1. The normalized spacial score (nSPS) is 19.1. The lowest BCUT2D eigenvalue weighted by Crippen LogP contribution is -2.31. The van der Waals surface area contributed by atoms with Gasteiger partial charge in [-0.3, -0.25) is 14.6 Å². The van der Waals surface area contributed by atoms with Crippen molar-refractivity contribution in [2.75, 3.05) is 20.3 Å². The molecule has 0 aliphatic carbocycles. The number of hydrogen-bond acceptors (Lipinski definition) is 5. The maximum atomic E-state index is 12.7. The Morgan fingerprint density at radius 3 is 2.50 bits per heavy atom. The molecule has 1 aromatic heterocycles. The number of likely N-dealkylation sites (tertiary alicyclic amines) is 1. The summed E-state index contributed by atoms with van der Waals surface area (Å²) in [6.07, 6.45) is 3.66. The molecule has 3 rings (SSSR count). The first-order chi connectivity index (χ1) is 12.6. The number of rotatable bonds is 6. The van der Waals surface area contributed by atoms with Crippen molar-refractivity contribution in [2.24, 2.45) is 0 Å². The topological polar surface area (TPSA) is 79.7 Å². The van der Waals surface area contributed by atoms with Gasteiger partial charge in [0.2, 0.25) is 0 Å². The number of ketones is 1. The Morgan fingerprint density at radius 1 is 1.15 bits per heavy atom. The van der Waals surface area contributed by atoms with E-state index in [0.717, 1.165) is 5.56 Å². The summed E-state index contributed by atoms with van der Waals surface area (Å²) >= 11 is 0. The number of amides is 1. The Bertz CT molecular complexity index is 818. The molecule has 2 heterocycles. The fourth-order valence-corrected chi connectivity index (χ4v) is 3.14. The smallest absolute Gasteiger partial charge is 0.295 e. The lowest BCUT2D eigenvalue weighted by atomic mass is 9.95. The molecule has 6 nitrogen and oxygen atoms in total. The van der Waals surface area contributed by atoms with E-state index < -0.39 is 17.7 Å². The van der Waals surface area contributed by atoms with E-state index in [1.165, 1.54) is 17.3 Å². The van der Waals surface area contributed by atoms with Gasteiger partial charge in [-0.25, -0.2) is 0 Å². The largest absolute Gasteiger partial charge is 0.507 e. The van der Waals surface area contributed by atoms with Crippen molar-refractivity contribution in [3.05, 3.63) is 71.6 Å². The van der Waals surface area contributed by atoms with E-state index in [-0.39, 0.29) is 11.3 Å². The fraction of sp³-hybridized carbons (Fsp3) is 0.250. The van der Waals surface area contributed by atoms with Crippen molar-refractivity contribution in [2.45, 2.75) is 12.5 Å². The van der Waals surface area contributed by atoms with Gasteiger partial charge < -0.3 is 14.7 Å². The van der Waals surface area contributed by atoms with Crippen LogP contribution in [0.15, 0.2) is 60.4 Å². The van der Waals surface area contributed by atoms with E-state index in [1.54, 1.807) is 19.2 Å². The lowest BCUT2D eigenvalue weighted by molar-refractivity contribution is -0.140. The molecule has 1 aromatic carbocycles. The van der Waals surface area contributed by atoms with E-state index in [0.29, 0.717) is 25.1 Å². The second-order valence-electron chi connectivity index (χ2n) is 5.99. The summed E-state index contributed by atoms with van der Waals surface area (Å²) in [6, 6.07) is 11.8. The molecule has 1 aliphatic heterocycles. The van der Waals surface area contributed by atoms with Crippen LogP contribution in [-0.4, -0.2) is 46.9 Å². The van der Waals surface area contributed by atoms with Gasteiger partial charge in [0.15, 0.2) is 0 Å². The molecule has 0 spiro atoms. The van der Waals surface area contributed by atoms with Gasteiger partial charge in [-0.1, -0.05) is 30.3 Å². The molecular formula is C20H20N2O4. The minimum absolute atomic E-state index is 0.102. The number of pyridine rings is 1. The molecule has 1 unspecified atom stereocenters. The van der Waals surface area contributed by atoms with Gasteiger partial charge in [-0.15, -0.1) is 0 Å². The van der Waals surface area contributed by atoms with Crippen molar-refractivity contribution >= 4 is 17.4 Å². The molecule has 0 saturated carbocycles.